The lowest BCUT2D eigenvalue weighted by Gasteiger charge is -2.23. The maximum atomic E-state index is 5.26. The SMILES string of the molecule is COc1ccc2cc(C3CCNCC3)ccc2c1. The zero-order chi connectivity index (χ0) is 12.4. The molecule has 94 valence electrons. The Balaban J connectivity index is 1.95. The molecule has 0 amide bonds. The number of methoxy groups -OCH3 is 1. The summed E-state index contributed by atoms with van der Waals surface area (Å²) in [4.78, 5) is 0. The topological polar surface area (TPSA) is 21.3 Å². The molecular formula is C16H19NO. The number of ether oxygens (including phenoxy) is 1. The van der Waals surface area contributed by atoms with E-state index in [1.807, 2.05) is 6.07 Å². The van der Waals surface area contributed by atoms with Gasteiger partial charge < -0.3 is 10.1 Å². The molecule has 0 aliphatic carbocycles. The van der Waals surface area contributed by atoms with Crippen molar-refractivity contribution in [3.8, 4) is 5.75 Å². The van der Waals surface area contributed by atoms with E-state index in [4.69, 9.17) is 4.74 Å². The van der Waals surface area contributed by atoms with Crippen molar-refractivity contribution in [1.29, 1.82) is 0 Å². The zero-order valence-electron chi connectivity index (χ0n) is 10.8. The molecule has 0 atom stereocenters. The standard InChI is InChI=1S/C16H19NO/c1-18-16-5-4-14-10-13(2-3-15(14)11-16)12-6-8-17-9-7-12/h2-5,10-12,17H,6-9H2,1H3. The summed E-state index contributed by atoms with van der Waals surface area (Å²) in [5.41, 5.74) is 1.48. The van der Waals surface area contributed by atoms with Crippen LogP contribution in [0.25, 0.3) is 10.8 Å². The summed E-state index contributed by atoms with van der Waals surface area (Å²) in [6.45, 7) is 2.29. The van der Waals surface area contributed by atoms with Crippen molar-refractivity contribution in [1.82, 2.24) is 5.32 Å². The molecule has 3 rings (SSSR count). The maximum absolute atomic E-state index is 5.26. The number of fused-ring (bicyclic) bond motifs is 1. The van der Waals surface area contributed by atoms with Crippen molar-refractivity contribution in [3.63, 3.8) is 0 Å². The lowest BCUT2D eigenvalue weighted by atomic mass is 9.89. The predicted octanol–water partition coefficient (Wildman–Crippen LogP) is 3.32. The molecule has 1 aliphatic heterocycles. The Kier molecular flexibility index (Phi) is 3.20. The first kappa shape index (κ1) is 11.5. The molecule has 18 heavy (non-hydrogen) atoms. The van der Waals surface area contributed by atoms with Gasteiger partial charge in [-0.15, -0.1) is 0 Å². The summed E-state index contributed by atoms with van der Waals surface area (Å²) in [7, 11) is 1.71. The summed E-state index contributed by atoms with van der Waals surface area (Å²) in [5, 5.41) is 5.99. The molecule has 1 N–H and O–H groups in total. The zero-order valence-corrected chi connectivity index (χ0v) is 10.8. The highest BCUT2D eigenvalue weighted by atomic mass is 16.5. The van der Waals surface area contributed by atoms with E-state index >= 15 is 0 Å². The molecule has 1 saturated heterocycles. The van der Waals surface area contributed by atoms with Crippen molar-refractivity contribution in [2.45, 2.75) is 18.8 Å². The minimum absolute atomic E-state index is 0.720. The Morgan fingerprint density at radius 3 is 2.50 bits per heavy atom. The Bertz CT molecular complexity index is 544. The van der Waals surface area contributed by atoms with Crippen LogP contribution in [0.3, 0.4) is 0 Å². The van der Waals surface area contributed by atoms with Gasteiger partial charge in [0, 0.05) is 0 Å². The van der Waals surface area contributed by atoms with Crippen LogP contribution in [0.2, 0.25) is 0 Å². The van der Waals surface area contributed by atoms with Gasteiger partial charge in [0.2, 0.25) is 0 Å². The van der Waals surface area contributed by atoms with Crippen LogP contribution in [0.1, 0.15) is 24.3 Å². The number of rotatable bonds is 2. The summed E-state index contributed by atoms with van der Waals surface area (Å²) in [5.74, 6) is 1.65. The van der Waals surface area contributed by atoms with Gasteiger partial charge in [0.1, 0.15) is 5.75 Å². The summed E-state index contributed by atoms with van der Waals surface area (Å²) < 4.78 is 5.26. The normalized spacial score (nSPS) is 16.9. The number of benzene rings is 2. The average molecular weight is 241 g/mol. The largest absolute Gasteiger partial charge is 0.497 e. The smallest absolute Gasteiger partial charge is 0.119 e. The fourth-order valence-corrected chi connectivity index (χ4v) is 2.78. The van der Waals surface area contributed by atoms with Gasteiger partial charge in [-0.3, -0.25) is 0 Å². The number of piperidine rings is 1. The minimum Gasteiger partial charge on any atom is -0.497 e. The highest BCUT2D eigenvalue weighted by molar-refractivity contribution is 5.84. The predicted molar refractivity (Wildman–Crippen MR) is 75.3 cm³/mol. The third-order valence-electron chi connectivity index (χ3n) is 3.88. The first-order chi connectivity index (χ1) is 8.86. The summed E-state index contributed by atoms with van der Waals surface area (Å²) >= 11 is 0. The molecule has 1 heterocycles. The maximum Gasteiger partial charge on any atom is 0.119 e. The molecule has 0 saturated carbocycles. The number of hydrogen-bond donors (Lipinski definition) is 1. The quantitative estimate of drug-likeness (QED) is 0.871. The molecular weight excluding hydrogens is 222 g/mol. The van der Waals surface area contributed by atoms with E-state index in [0.717, 1.165) is 24.8 Å². The van der Waals surface area contributed by atoms with E-state index in [0.29, 0.717) is 0 Å². The van der Waals surface area contributed by atoms with Crippen LogP contribution >= 0.6 is 0 Å². The van der Waals surface area contributed by atoms with Crippen molar-refractivity contribution >= 4 is 10.8 Å². The molecule has 0 aromatic heterocycles. The van der Waals surface area contributed by atoms with E-state index in [1.54, 1.807) is 7.11 Å². The van der Waals surface area contributed by atoms with E-state index in [1.165, 1.54) is 29.2 Å². The number of hydrogen-bond acceptors (Lipinski definition) is 2. The molecule has 1 fully saturated rings. The molecule has 2 nitrogen and oxygen atoms in total. The minimum atomic E-state index is 0.720. The molecule has 0 bridgehead atoms. The van der Waals surface area contributed by atoms with Gasteiger partial charge in [-0.2, -0.15) is 0 Å². The molecule has 2 heteroatoms. The Labute approximate surface area is 108 Å². The Morgan fingerprint density at radius 1 is 1.00 bits per heavy atom. The van der Waals surface area contributed by atoms with Crippen molar-refractivity contribution in [2.24, 2.45) is 0 Å². The second kappa shape index (κ2) is 4.99. The first-order valence-electron chi connectivity index (χ1n) is 6.65. The molecule has 0 spiro atoms. The highest BCUT2D eigenvalue weighted by Crippen LogP contribution is 2.29. The van der Waals surface area contributed by atoms with Crippen LogP contribution in [0, 0.1) is 0 Å². The van der Waals surface area contributed by atoms with Gasteiger partial charge >= 0.3 is 0 Å². The molecule has 0 radical (unpaired) electrons. The van der Waals surface area contributed by atoms with Crippen molar-refractivity contribution in [2.75, 3.05) is 20.2 Å². The van der Waals surface area contributed by atoms with Crippen LogP contribution < -0.4 is 10.1 Å². The summed E-state index contributed by atoms with van der Waals surface area (Å²) in [6.07, 6.45) is 2.50. The van der Waals surface area contributed by atoms with Gasteiger partial charge in [0.15, 0.2) is 0 Å². The lowest BCUT2D eigenvalue weighted by molar-refractivity contribution is 0.415. The lowest BCUT2D eigenvalue weighted by Crippen LogP contribution is -2.26. The molecule has 0 unspecified atom stereocenters. The van der Waals surface area contributed by atoms with E-state index in [-0.39, 0.29) is 0 Å². The van der Waals surface area contributed by atoms with Gasteiger partial charge in [-0.1, -0.05) is 24.3 Å². The van der Waals surface area contributed by atoms with Gasteiger partial charge in [-0.25, -0.2) is 0 Å². The fraction of sp³-hybridized carbons (Fsp3) is 0.375. The fourth-order valence-electron chi connectivity index (χ4n) is 2.78. The van der Waals surface area contributed by atoms with Gasteiger partial charge in [-0.05, 0) is 60.3 Å². The monoisotopic (exact) mass is 241 g/mol. The van der Waals surface area contributed by atoms with E-state index in [9.17, 15) is 0 Å². The van der Waals surface area contributed by atoms with Crippen LogP contribution in [0.5, 0.6) is 5.75 Å². The average Bonchev–Trinajstić information content (AvgIpc) is 2.47. The van der Waals surface area contributed by atoms with Crippen molar-refractivity contribution < 1.29 is 4.74 Å². The van der Waals surface area contributed by atoms with Crippen LogP contribution in [-0.4, -0.2) is 20.2 Å². The third-order valence-corrected chi connectivity index (χ3v) is 3.88. The Morgan fingerprint density at radius 2 is 1.72 bits per heavy atom. The second-order valence-corrected chi connectivity index (χ2v) is 5.00. The van der Waals surface area contributed by atoms with Crippen LogP contribution in [-0.2, 0) is 0 Å². The number of nitrogens with one attached hydrogen (secondary N) is 1. The van der Waals surface area contributed by atoms with Gasteiger partial charge in [0.25, 0.3) is 0 Å². The molecule has 1 aliphatic rings. The summed E-state index contributed by atoms with van der Waals surface area (Å²) in [6, 6.07) is 13.1. The van der Waals surface area contributed by atoms with Crippen LogP contribution in [0.15, 0.2) is 36.4 Å². The third kappa shape index (κ3) is 2.21. The highest BCUT2D eigenvalue weighted by Gasteiger charge is 2.15. The molecule has 2 aromatic carbocycles. The molecule has 2 aromatic rings. The van der Waals surface area contributed by atoms with Crippen LogP contribution in [0.4, 0.5) is 0 Å². The Hall–Kier alpha value is -1.54. The first-order valence-corrected chi connectivity index (χ1v) is 6.65. The van der Waals surface area contributed by atoms with Crippen molar-refractivity contribution in [3.05, 3.63) is 42.0 Å². The second-order valence-electron chi connectivity index (χ2n) is 5.00. The van der Waals surface area contributed by atoms with Gasteiger partial charge in [0.05, 0.1) is 7.11 Å². The van der Waals surface area contributed by atoms with E-state index < -0.39 is 0 Å². The van der Waals surface area contributed by atoms with E-state index in [2.05, 4.69) is 35.6 Å².